The van der Waals surface area contributed by atoms with E-state index in [0.717, 1.165) is 24.0 Å². The number of aromatic hydroxyl groups is 1. The number of carboxylic acid groups (broad SMARTS) is 1. The zero-order chi connectivity index (χ0) is 12.6. The van der Waals surface area contributed by atoms with Crippen LogP contribution in [0, 0.1) is 12.8 Å². The van der Waals surface area contributed by atoms with Gasteiger partial charge < -0.3 is 10.2 Å². The Morgan fingerprint density at radius 1 is 1.53 bits per heavy atom. The number of rotatable bonds is 4. The first-order valence-electron chi connectivity index (χ1n) is 5.70. The van der Waals surface area contributed by atoms with Crippen molar-refractivity contribution < 1.29 is 15.0 Å². The van der Waals surface area contributed by atoms with Gasteiger partial charge in [0.25, 0.3) is 0 Å². The first kappa shape index (κ1) is 12.2. The number of carbonyl (C=O) groups is 1. The number of benzene rings is 1. The largest absolute Gasteiger partial charge is 0.506 e. The topological polar surface area (TPSA) is 57.5 Å². The Morgan fingerprint density at radius 3 is 2.71 bits per heavy atom. The molecule has 92 valence electrons. The monoisotopic (exact) mass is 254 g/mol. The van der Waals surface area contributed by atoms with Gasteiger partial charge >= 0.3 is 5.97 Å². The minimum Gasteiger partial charge on any atom is -0.506 e. The van der Waals surface area contributed by atoms with Crippen LogP contribution in [0.15, 0.2) is 12.1 Å². The molecule has 0 bridgehead atoms. The van der Waals surface area contributed by atoms with E-state index in [1.165, 1.54) is 0 Å². The number of halogens is 1. The summed E-state index contributed by atoms with van der Waals surface area (Å²) in [6, 6.07) is 3.31. The van der Waals surface area contributed by atoms with E-state index in [0.29, 0.717) is 10.9 Å². The lowest BCUT2D eigenvalue weighted by Gasteiger charge is -2.18. The molecule has 2 rings (SSSR count). The second-order valence-electron chi connectivity index (χ2n) is 4.70. The molecule has 0 aliphatic heterocycles. The van der Waals surface area contributed by atoms with E-state index in [-0.39, 0.29) is 18.1 Å². The van der Waals surface area contributed by atoms with Crippen LogP contribution in [0.5, 0.6) is 5.75 Å². The Balaban J connectivity index is 2.35. The summed E-state index contributed by atoms with van der Waals surface area (Å²) in [5.74, 6) is -0.265. The minimum atomic E-state index is -0.787. The molecule has 2 N–H and O–H groups in total. The van der Waals surface area contributed by atoms with Crippen molar-refractivity contribution in [2.24, 2.45) is 5.92 Å². The summed E-state index contributed by atoms with van der Waals surface area (Å²) in [7, 11) is 0. The molecule has 1 atom stereocenters. The smallest absolute Gasteiger partial charge is 0.303 e. The number of phenolic OH excluding ortho intramolecular Hbond substituents is 1. The van der Waals surface area contributed by atoms with Gasteiger partial charge in [0.05, 0.1) is 11.4 Å². The van der Waals surface area contributed by atoms with Gasteiger partial charge in [-0.3, -0.25) is 4.79 Å². The first-order valence-corrected chi connectivity index (χ1v) is 6.07. The predicted molar refractivity (Wildman–Crippen MR) is 65.6 cm³/mol. The van der Waals surface area contributed by atoms with E-state index in [1.807, 2.05) is 6.92 Å². The number of hydrogen-bond donors (Lipinski definition) is 2. The van der Waals surface area contributed by atoms with Crippen LogP contribution in [0.1, 0.15) is 36.3 Å². The van der Waals surface area contributed by atoms with Crippen LogP contribution >= 0.6 is 11.6 Å². The zero-order valence-electron chi connectivity index (χ0n) is 9.61. The number of hydrogen-bond acceptors (Lipinski definition) is 2. The van der Waals surface area contributed by atoms with Gasteiger partial charge in [-0.05, 0) is 54.9 Å². The van der Waals surface area contributed by atoms with Crippen molar-refractivity contribution >= 4 is 17.6 Å². The Bertz CT molecular complexity index is 452. The fraction of sp³-hybridized carbons (Fsp3) is 0.462. The van der Waals surface area contributed by atoms with Gasteiger partial charge in [0.2, 0.25) is 0 Å². The molecular formula is C13H15ClO3. The standard InChI is InChI=1S/C13H15ClO3/c1-7-4-12(15)11(14)5-9(7)10(6-13(16)17)8-2-3-8/h4-5,8,10,15H,2-3,6H2,1H3,(H,16,17). The van der Waals surface area contributed by atoms with E-state index in [9.17, 15) is 9.90 Å². The maximum absolute atomic E-state index is 10.9. The summed E-state index contributed by atoms with van der Waals surface area (Å²) >= 11 is 5.89. The van der Waals surface area contributed by atoms with Crippen LogP contribution in [0.25, 0.3) is 0 Å². The van der Waals surface area contributed by atoms with Gasteiger partial charge in [0, 0.05) is 0 Å². The molecule has 1 fully saturated rings. The minimum absolute atomic E-state index is 0.0191. The second-order valence-corrected chi connectivity index (χ2v) is 5.11. The lowest BCUT2D eigenvalue weighted by Crippen LogP contribution is -2.09. The predicted octanol–water partition coefficient (Wildman–Crippen LogP) is 3.32. The summed E-state index contributed by atoms with van der Waals surface area (Å²) in [5.41, 5.74) is 1.86. The van der Waals surface area contributed by atoms with Crippen molar-refractivity contribution in [2.75, 3.05) is 0 Å². The number of carboxylic acids is 1. The average molecular weight is 255 g/mol. The number of phenols is 1. The van der Waals surface area contributed by atoms with Crippen LogP contribution in [-0.4, -0.2) is 16.2 Å². The molecule has 1 saturated carbocycles. The Labute approximate surface area is 105 Å². The first-order chi connectivity index (χ1) is 7.99. The van der Waals surface area contributed by atoms with Gasteiger partial charge in [-0.2, -0.15) is 0 Å². The van der Waals surface area contributed by atoms with E-state index in [4.69, 9.17) is 16.7 Å². The highest BCUT2D eigenvalue weighted by Gasteiger charge is 2.34. The van der Waals surface area contributed by atoms with Gasteiger partial charge in [-0.15, -0.1) is 0 Å². The summed E-state index contributed by atoms with van der Waals surface area (Å²) in [5, 5.41) is 18.7. The Morgan fingerprint density at radius 2 is 2.18 bits per heavy atom. The highest BCUT2D eigenvalue weighted by molar-refractivity contribution is 6.32. The molecule has 0 radical (unpaired) electrons. The van der Waals surface area contributed by atoms with Crippen molar-refractivity contribution in [1.29, 1.82) is 0 Å². The van der Waals surface area contributed by atoms with Crippen LogP contribution in [0.4, 0.5) is 0 Å². The van der Waals surface area contributed by atoms with Crippen LogP contribution in [0.3, 0.4) is 0 Å². The number of aryl methyl sites for hydroxylation is 1. The van der Waals surface area contributed by atoms with E-state index in [1.54, 1.807) is 12.1 Å². The highest BCUT2D eigenvalue weighted by Crippen LogP contribution is 2.46. The molecule has 1 aromatic carbocycles. The maximum Gasteiger partial charge on any atom is 0.303 e. The summed E-state index contributed by atoms with van der Waals surface area (Å²) < 4.78 is 0. The molecule has 0 heterocycles. The molecule has 0 spiro atoms. The molecule has 1 unspecified atom stereocenters. The van der Waals surface area contributed by atoms with E-state index in [2.05, 4.69) is 0 Å². The fourth-order valence-electron chi connectivity index (χ4n) is 2.30. The Hall–Kier alpha value is -1.22. The van der Waals surface area contributed by atoms with Crippen molar-refractivity contribution in [1.82, 2.24) is 0 Å². The molecular weight excluding hydrogens is 240 g/mol. The van der Waals surface area contributed by atoms with Gasteiger partial charge in [0.1, 0.15) is 5.75 Å². The SMILES string of the molecule is Cc1cc(O)c(Cl)cc1C(CC(=O)O)C1CC1. The summed E-state index contributed by atoms with van der Waals surface area (Å²) in [6.07, 6.45) is 2.29. The fourth-order valence-corrected chi connectivity index (χ4v) is 2.47. The lowest BCUT2D eigenvalue weighted by atomic mass is 9.88. The molecule has 1 aliphatic rings. The number of aliphatic carboxylic acids is 1. The summed E-state index contributed by atoms with van der Waals surface area (Å²) in [4.78, 5) is 10.9. The van der Waals surface area contributed by atoms with Gasteiger partial charge in [-0.25, -0.2) is 0 Å². The zero-order valence-corrected chi connectivity index (χ0v) is 10.4. The molecule has 1 aliphatic carbocycles. The van der Waals surface area contributed by atoms with Crippen molar-refractivity contribution in [3.8, 4) is 5.75 Å². The Kier molecular flexibility index (Phi) is 3.29. The van der Waals surface area contributed by atoms with Crippen molar-refractivity contribution in [3.63, 3.8) is 0 Å². The third kappa shape index (κ3) is 2.72. The van der Waals surface area contributed by atoms with Crippen molar-refractivity contribution in [3.05, 3.63) is 28.3 Å². The normalized spacial score (nSPS) is 16.8. The van der Waals surface area contributed by atoms with E-state index >= 15 is 0 Å². The molecule has 3 nitrogen and oxygen atoms in total. The maximum atomic E-state index is 10.9. The second kappa shape index (κ2) is 4.57. The third-order valence-electron chi connectivity index (χ3n) is 3.32. The lowest BCUT2D eigenvalue weighted by molar-refractivity contribution is -0.137. The molecule has 0 aromatic heterocycles. The molecule has 17 heavy (non-hydrogen) atoms. The van der Waals surface area contributed by atoms with Crippen LogP contribution in [0.2, 0.25) is 5.02 Å². The van der Waals surface area contributed by atoms with Crippen LogP contribution < -0.4 is 0 Å². The molecule has 0 saturated heterocycles. The van der Waals surface area contributed by atoms with Crippen molar-refractivity contribution in [2.45, 2.75) is 32.1 Å². The molecule has 0 amide bonds. The third-order valence-corrected chi connectivity index (χ3v) is 3.62. The summed E-state index contributed by atoms with van der Waals surface area (Å²) in [6.45, 7) is 1.88. The molecule has 1 aromatic rings. The van der Waals surface area contributed by atoms with Gasteiger partial charge in [0.15, 0.2) is 0 Å². The van der Waals surface area contributed by atoms with Gasteiger partial charge in [-0.1, -0.05) is 11.6 Å². The van der Waals surface area contributed by atoms with E-state index < -0.39 is 5.97 Å². The highest BCUT2D eigenvalue weighted by atomic mass is 35.5. The quantitative estimate of drug-likeness (QED) is 0.867. The average Bonchev–Trinajstić information content (AvgIpc) is 3.04. The van der Waals surface area contributed by atoms with Crippen LogP contribution in [-0.2, 0) is 4.79 Å². The molecule has 4 heteroatoms.